The minimum absolute atomic E-state index is 0.00573. The highest BCUT2D eigenvalue weighted by Gasteiger charge is 2.08. The first kappa shape index (κ1) is 14.3. The Labute approximate surface area is 123 Å². The van der Waals surface area contributed by atoms with Gasteiger partial charge in [0.2, 0.25) is 0 Å². The molecule has 0 bridgehead atoms. The van der Waals surface area contributed by atoms with Crippen LogP contribution < -0.4 is 10.5 Å². The van der Waals surface area contributed by atoms with Crippen LogP contribution >= 0.6 is 15.9 Å². The van der Waals surface area contributed by atoms with E-state index in [-0.39, 0.29) is 12.4 Å². The fourth-order valence-electron chi connectivity index (χ4n) is 1.68. The van der Waals surface area contributed by atoms with Crippen molar-refractivity contribution in [1.82, 2.24) is 0 Å². The van der Waals surface area contributed by atoms with Crippen LogP contribution in [0.3, 0.4) is 0 Å². The Hall–Kier alpha value is -2.08. The SMILES string of the molecule is NC(=NO)c1ccccc1COc1ccc(Br)c(F)c1. The largest absolute Gasteiger partial charge is 0.489 e. The summed E-state index contributed by atoms with van der Waals surface area (Å²) in [7, 11) is 0. The average Bonchev–Trinajstić information content (AvgIpc) is 2.48. The summed E-state index contributed by atoms with van der Waals surface area (Å²) in [5.74, 6) is 0.0124. The van der Waals surface area contributed by atoms with Gasteiger partial charge in [-0.1, -0.05) is 29.4 Å². The molecule has 0 fully saturated rings. The molecule has 0 unspecified atom stereocenters. The van der Waals surface area contributed by atoms with Crippen LogP contribution in [0.2, 0.25) is 0 Å². The molecular weight excluding hydrogens is 327 g/mol. The van der Waals surface area contributed by atoms with Crippen molar-refractivity contribution in [3.63, 3.8) is 0 Å². The predicted octanol–water partition coefficient (Wildman–Crippen LogP) is 3.26. The number of hydrogen-bond acceptors (Lipinski definition) is 3. The van der Waals surface area contributed by atoms with E-state index in [1.807, 2.05) is 6.07 Å². The van der Waals surface area contributed by atoms with Crippen LogP contribution in [0.5, 0.6) is 5.75 Å². The van der Waals surface area contributed by atoms with Crippen molar-refractivity contribution in [3.05, 3.63) is 63.9 Å². The lowest BCUT2D eigenvalue weighted by Gasteiger charge is -2.10. The minimum Gasteiger partial charge on any atom is -0.489 e. The lowest BCUT2D eigenvalue weighted by Crippen LogP contribution is -2.16. The predicted molar refractivity (Wildman–Crippen MR) is 77.4 cm³/mol. The third-order valence-electron chi connectivity index (χ3n) is 2.69. The van der Waals surface area contributed by atoms with Gasteiger partial charge in [0, 0.05) is 17.2 Å². The van der Waals surface area contributed by atoms with E-state index in [0.717, 1.165) is 5.56 Å². The van der Waals surface area contributed by atoms with Crippen LogP contribution in [0.4, 0.5) is 4.39 Å². The number of oxime groups is 1. The van der Waals surface area contributed by atoms with Crippen LogP contribution in [-0.4, -0.2) is 11.0 Å². The highest BCUT2D eigenvalue weighted by Crippen LogP contribution is 2.22. The highest BCUT2D eigenvalue weighted by atomic mass is 79.9. The summed E-state index contributed by atoms with van der Waals surface area (Å²) in [6.07, 6.45) is 0. The molecule has 0 atom stereocenters. The van der Waals surface area contributed by atoms with E-state index in [1.165, 1.54) is 6.07 Å². The zero-order chi connectivity index (χ0) is 14.5. The molecule has 2 rings (SSSR count). The number of nitrogens with two attached hydrogens (primary N) is 1. The van der Waals surface area contributed by atoms with Crippen molar-refractivity contribution < 1.29 is 14.3 Å². The maximum Gasteiger partial charge on any atom is 0.170 e. The number of ether oxygens (including phenoxy) is 1. The molecule has 0 saturated carbocycles. The van der Waals surface area contributed by atoms with Crippen LogP contribution in [0.1, 0.15) is 11.1 Å². The first-order valence-corrected chi connectivity index (χ1v) is 6.54. The third kappa shape index (κ3) is 3.27. The van der Waals surface area contributed by atoms with Gasteiger partial charge in [0.05, 0.1) is 4.47 Å². The van der Waals surface area contributed by atoms with Gasteiger partial charge in [0.15, 0.2) is 5.84 Å². The van der Waals surface area contributed by atoms with Crippen molar-refractivity contribution >= 4 is 21.8 Å². The molecule has 0 aromatic heterocycles. The second-order valence-corrected chi connectivity index (χ2v) is 4.86. The molecule has 2 aromatic carbocycles. The molecule has 0 heterocycles. The minimum atomic E-state index is -0.396. The maximum atomic E-state index is 13.4. The summed E-state index contributed by atoms with van der Waals surface area (Å²) in [6, 6.07) is 11.6. The van der Waals surface area contributed by atoms with Crippen LogP contribution in [0.25, 0.3) is 0 Å². The smallest absolute Gasteiger partial charge is 0.170 e. The second-order valence-electron chi connectivity index (χ2n) is 4.01. The van der Waals surface area contributed by atoms with E-state index < -0.39 is 5.82 Å². The quantitative estimate of drug-likeness (QED) is 0.389. The number of hydrogen-bond donors (Lipinski definition) is 2. The first-order valence-electron chi connectivity index (χ1n) is 5.75. The lowest BCUT2D eigenvalue weighted by molar-refractivity contribution is 0.303. The number of amidine groups is 1. The summed E-state index contributed by atoms with van der Waals surface area (Å²) in [5.41, 5.74) is 6.90. The van der Waals surface area contributed by atoms with E-state index >= 15 is 0 Å². The monoisotopic (exact) mass is 338 g/mol. The fraction of sp³-hybridized carbons (Fsp3) is 0.0714. The molecule has 104 valence electrons. The van der Waals surface area contributed by atoms with Gasteiger partial charge in [-0.15, -0.1) is 0 Å². The molecule has 0 radical (unpaired) electrons. The molecule has 0 saturated heterocycles. The van der Waals surface area contributed by atoms with E-state index in [2.05, 4.69) is 21.1 Å². The highest BCUT2D eigenvalue weighted by molar-refractivity contribution is 9.10. The van der Waals surface area contributed by atoms with Crippen molar-refractivity contribution in [2.75, 3.05) is 0 Å². The van der Waals surface area contributed by atoms with Crippen LogP contribution in [0.15, 0.2) is 52.1 Å². The van der Waals surface area contributed by atoms with Gasteiger partial charge in [-0.2, -0.15) is 0 Å². The van der Waals surface area contributed by atoms with Crippen molar-refractivity contribution in [2.24, 2.45) is 10.9 Å². The molecular formula is C14H12BrFN2O2. The van der Waals surface area contributed by atoms with E-state index in [1.54, 1.807) is 30.3 Å². The van der Waals surface area contributed by atoms with Crippen molar-refractivity contribution in [1.29, 1.82) is 0 Å². The third-order valence-corrected chi connectivity index (χ3v) is 3.33. The molecule has 3 N–H and O–H groups in total. The summed E-state index contributed by atoms with van der Waals surface area (Å²) in [5, 5.41) is 11.7. The fourth-order valence-corrected chi connectivity index (χ4v) is 1.92. The molecule has 4 nitrogen and oxygen atoms in total. The van der Waals surface area contributed by atoms with E-state index in [0.29, 0.717) is 15.8 Å². The van der Waals surface area contributed by atoms with Gasteiger partial charge in [-0.25, -0.2) is 4.39 Å². The zero-order valence-corrected chi connectivity index (χ0v) is 12.0. The Morgan fingerprint density at radius 1 is 1.30 bits per heavy atom. The summed E-state index contributed by atoms with van der Waals surface area (Å²) >= 11 is 3.07. The average molecular weight is 339 g/mol. The summed E-state index contributed by atoms with van der Waals surface area (Å²) in [6.45, 7) is 0.188. The van der Waals surface area contributed by atoms with Crippen molar-refractivity contribution in [3.8, 4) is 5.75 Å². The Kier molecular flexibility index (Phi) is 4.57. The van der Waals surface area contributed by atoms with Gasteiger partial charge >= 0.3 is 0 Å². The number of halogens is 2. The molecule has 0 aliphatic rings. The molecule has 6 heteroatoms. The molecule has 0 aliphatic carbocycles. The van der Waals surface area contributed by atoms with Gasteiger partial charge < -0.3 is 15.7 Å². The number of rotatable bonds is 4. The Morgan fingerprint density at radius 3 is 2.75 bits per heavy atom. The number of benzene rings is 2. The Balaban J connectivity index is 2.17. The molecule has 20 heavy (non-hydrogen) atoms. The standard InChI is InChI=1S/C14H12BrFN2O2/c15-12-6-5-10(7-13(12)16)20-8-9-3-1-2-4-11(9)14(17)18-19/h1-7,19H,8H2,(H2,17,18). The van der Waals surface area contributed by atoms with Crippen LogP contribution in [-0.2, 0) is 6.61 Å². The maximum absolute atomic E-state index is 13.4. The van der Waals surface area contributed by atoms with Crippen LogP contribution in [0, 0.1) is 5.82 Å². The lowest BCUT2D eigenvalue weighted by atomic mass is 10.1. The van der Waals surface area contributed by atoms with Gasteiger partial charge in [0.1, 0.15) is 18.2 Å². The van der Waals surface area contributed by atoms with Crippen molar-refractivity contribution in [2.45, 2.75) is 6.61 Å². The summed E-state index contributed by atoms with van der Waals surface area (Å²) in [4.78, 5) is 0. The zero-order valence-electron chi connectivity index (χ0n) is 10.4. The van der Waals surface area contributed by atoms with Gasteiger partial charge in [-0.3, -0.25) is 0 Å². The van der Waals surface area contributed by atoms with E-state index in [9.17, 15) is 4.39 Å². The molecule has 0 amide bonds. The summed E-state index contributed by atoms with van der Waals surface area (Å²) < 4.78 is 19.3. The Morgan fingerprint density at radius 2 is 2.05 bits per heavy atom. The molecule has 0 spiro atoms. The molecule has 2 aromatic rings. The topological polar surface area (TPSA) is 67.8 Å². The Bertz CT molecular complexity index is 647. The first-order chi connectivity index (χ1) is 9.61. The number of nitrogens with zero attached hydrogens (tertiary/aromatic N) is 1. The van der Waals surface area contributed by atoms with Gasteiger partial charge in [0.25, 0.3) is 0 Å². The normalized spacial score (nSPS) is 11.4. The second kappa shape index (κ2) is 6.38. The van der Waals surface area contributed by atoms with Gasteiger partial charge in [-0.05, 0) is 28.1 Å². The van der Waals surface area contributed by atoms with E-state index in [4.69, 9.17) is 15.7 Å². The molecule has 0 aliphatic heterocycles.